The van der Waals surface area contributed by atoms with Crippen LogP contribution in [0.15, 0.2) is 46.9 Å². The van der Waals surface area contributed by atoms with Gasteiger partial charge in [0.15, 0.2) is 0 Å². The van der Waals surface area contributed by atoms with Crippen LogP contribution in [0.3, 0.4) is 0 Å². The van der Waals surface area contributed by atoms with Gasteiger partial charge in [-0.15, -0.1) is 0 Å². The lowest BCUT2D eigenvalue weighted by Crippen LogP contribution is -2.12. The van der Waals surface area contributed by atoms with E-state index in [1.54, 1.807) is 13.2 Å². The van der Waals surface area contributed by atoms with Crippen molar-refractivity contribution in [2.75, 3.05) is 13.7 Å². The van der Waals surface area contributed by atoms with Crippen molar-refractivity contribution in [3.05, 3.63) is 69.4 Å². The highest BCUT2D eigenvalue weighted by atomic mass is 79.9. The monoisotopic (exact) mass is 337 g/mol. The molecule has 0 aromatic heterocycles. The van der Waals surface area contributed by atoms with E-state index in [-0.39, 0.29) is 11.9 Å². The molecular formula is C16H17BrFNO. The Hall–Kier alpha value is -1.23. The van der Waals surface area contributed by atoms with Crippen LogP contribution >= 0.6 is 15.9 Å². The summed E-state index contributed by atoms with van der Waals surface area (Å²) in [4.78, 5) is 0. The number of hydrogen-bond donors (Lipinski definition) is 1. The Labute approximate surface area is 126 Å². The van der Waals surface area contributed by atoms with Crippen LogP contribution in [-0.4, -0.2) is 13.7 Å². The Morgan fingerprint density at radius 3 is 2.40 bits per heavy atom. The van der Waals surface area contributed by atoms with Crippen molar-refractivity contribution in [3.8, 4) is 0 Å². The van der Waals surface area contributed by atoms with Crippen LogP contribution in [0.5, 0.6) is 0 Å². The first-order chi connectivity index (χ1) is 9.61. The molecule has 20 heavy (non-hydrogen) atoms. The summed E-state index contributed by atoms with van der Waals surface area (Å²) in [6.45, 7) is 0.698. The Kier molecular flexibility index (Phi) is 5.29. The molecule has 0 fully saturated rings. The molecule has 1 atom stereocenters. The summed E-state index contributed by atoms with van der Waals surface area (Å²) in [6.07, 6.45) is 0.874. The summed E-state index contributed by atoms with van der Waals surface area (Å²) in [7, 11) is 1.69. The second kappa shape index (κ2) is 6.97. The molecule has 0 saturated heterocycles. The molecule has 0 aliphatic rings. The van der Waals surface area contributed by atoms with Crippen molar-refractivity contribution < 1.29 is 9.13 Å². The summed E-state index contributed by atoms with van der Waals surface area (Å²) < 4.78 is 19.0. The molecule has 0 radical (unpaired) electrons. The van der Waals surface area contributed by atoms with Crippen LogP contribution in [0.1, 0.15) is 22.7 Å². The first kappa shape index (κ1) is 15.2. The van der Waals surface area contributed by atoms with Crippen LogP contribution < -0.4 is 5.73 Å². The Morgan fingerprint density at radius 1 is 1.15 bits per heavy atom. The minimum Gasteiger partial charge on any atom is -0.384 e. The van der Waals surface area contributed by atoms with Gasteiger partial charge in [-0.05, 0) is 51.2 Å². The second-order valence-electron chi connectivity index (χ2n) is 4.64. The average molecular weight is 338 g/mol. The van der Waals surface area contributed by atoms with E-state index in [1.807, 2.05) is 30.3 Å². The molecule has 0 heterocycles. The highest BCUT2D eigenvalue weighted by Crippen LogP contribution is 2.24. The average Bonchev–Trinajstić information content (AvgIpc) is 2.48. The Balaban J connectivity index is 2.15. The number of methoxy groups -OCH3 is 1. The molecule has 2 rings (SSSR count). The van der Waals surface area contributed by atoms with Gasteiger partial charge in [0.2, 0.25) is 0 Å². The maximum atomic E-state index is 13.5. The van der Waals surface area contributed by atoms with Gasteiger partial charge in [-0.2, -0.15) is 0 Å². The number of nitrogens with two attached hydrogens (primary N) is 1. The quantitative estimate of drug-likeness (QED) is 0.899. The molecule has 0 spiro atoms. The van der Waals surface area contributed by atoms with E-state index in [4.69, 9.17) is 10.5 Å². The largest absolute Gasteiger partial charge is 0.384 e. The van der Waals surface area contributed by atoms with E-state index in [9.17, 15) is 4.39 Å². The van der Waals surface area contributed by atoms with Gasteiger partial charge in [0.25, 0.3) is 0 Å². The Morgan fingerprint density at radius 2 is 1.80 bits per heavy atom. The van der Waals surface area contributed by atoms with Gasteiger partial charge in [-0.3, -0.25) is 0 Å². The minimum absolute atomic E-state index is 0.297. The van der Waals surface area contributed by atoms with Crippen LogP contribution in [0, 0.1) is 5.82 Å². The summed E-state index contributed by atoms with van der Waals surface area (Å²) >= 11 is 3.14. The predicted octanol–water partition coefficient (Wildman–Crippen LogP) is 3.83. The molecule has 0 amide bonds. The van der Waals surface area contributed by atoms with Crippen LogP contribution in [-0.2, 0) is 11.2 Å². The second-order valence-corrected chi connectivity index (χ2v) is 5.49. The fraction of sp³-hybridized carbons (Fsp3) is 0.250. The fourth-order valence-electron chi connectivity index (χ4n) is 2.01. The van der Waals surface area contributed by atoms with Crippen molar-refractivity contribution in [1.82, 2.24) is 0 Å². The van der Waals surface area contributed by atoms with E-state index in [0.29, 0.717) is 11.1 Å². The van der Waals surface area contributed by atoms with Gasteiger partial charge in [-0.1, -0.05) is 30.3 Å². The summed E-state index contributed by atoms with van der Waals surface area (Å²) in [5, 5.41) is 0. The highest BCUT2D eigenvalue weighted by Gasteiger charge is 2.11. The van der Waals surface area contributed by atoms with Crippen molar-refractivity contribution in [1.29, 1.82) is 0 Å². The standard InChI is InChI=1S/C16H17BrFNO/c1-20-9-8-11-2-4-12(5-3-11)16(19)13-6-7-14(17)15(18)10-13/h2-7,10,16H,8-9,19H2,1H3. The third-order valence-electron chi connectivity index (χ3n) is 3.24. The maximum Gasteiger partial charge on any atom is 0.137 e. The topological polar surface area (TPSA) is 35.2 Å². The third kappa shape index (κ3) is 3.66. The lowest BCUT2D eigenvalue weighted by Gasteiger charge is -2.13. The molecule has 0 aliphatic heterocycles. The third-order valence-corrected chi connectivity index (χ3v) is 3.88. The van der Waals surface area contributed by atoms with E-state index in [0.717, 1.165) is 17.5 Å². The van der Waals surface area contributed by atoms with Crippen LogP contribution in [0.2, 0.25) is 0 Å². The minimum atomic E-state index is -0.325. The summed E-state index contributed by atoms with van der Waals surface area (Å²) in [6, 6.07) is 12.7. The van der Waals surface area contributed by atoms with Gasteiger partial charge in [0, 0.05) is 7.11 Å². The molecule has 1 unspecified atom stereocenters. The van der Waals surface area contributed by atoms with Crippen LogP contribution in [0.4, 0.5) is 4.39 Å². The summed E-state index contributed by atoms with van der Waals surface area (Å²) in [5.74, 6) is -0.297. The van der Waals surface area contributed by atoms with Crippen molar-refractivity contribution >= 4 is 15.9 Å². The Bertz CT molecular complexity index is 571. The van der Waals surface area contributed by atoms with Gasteiger partial charge in [-0.25, -0.2) is 4.39 Å². The van der Waals surface area contributed by atoms with Crippen LogP contribution in [0.25, 0.3) is 0 Å². The molecule has 0 saturated carbocycles. The first-order valence-corrected chi connectivity index (χ1v) is 7.19. The molecule has 106 valence electrons. The molecule has 2 aromatic carbocycles. The highest BCUT2D eigenvalue weighted by molar-refractivity contribution is 9.10. The number of hydrogen-bond acceptors (Lipinski definition) is 2. The van der Waals surface area contributed by atoms with E-state index < -0.39 is 0 Å². The van der Waals surface area contributed by atoms with E-state index in [1.165, 1.54) is 11.6 Å². The summed E-state index contributed by atoms with van der Waals surface area (Å²) in [5.41, 5.74) is 9.10. The van der Waals surface area contributed by atoms with Gasteiger partial charge in [0.1, 0.15) is 5.82 Å². The molecule has 2 aromatic rings. The zero-order valence-electron chi connectivity index (χ0n) is 11.3. The zero-order valence-corrected chi connectivity index (χ0v) is 12.9. The van der Waals surface area contributed by atoms with Crippen molar-refractivity contribution in [2.45, 2.75) is 12.5 Å². The molecule has 0 aliphatic carbocycles. The van der Waals surface area contributed by atoms with Crippen molar-refractivity contribution in [2.24, 2.45) is 5.73 Å². The lowest BCUT2D eigenvalue weighted by atomic mass is 9.98. The first-order valence-electron chi connectivity index (χ1n) is 6.40. The van der Waals surface area contributed by atoms with Gasteiger partial charge in [0.05, 0.1) is 17.1 Å². The number of halogens is 2. The van der Waals surface area contributed by atoms with Gasteiger partial charge >= 0.3 is 0 Å². The van der Waals surface area contributed by atoms with E-state index >= 15 is 0 Å². The molecule has 4 heteroatoms. The lowest BCUT2D eigenvalue weighted by molar-refractivity contribution is 0.202. The smallest absolute Gasteiger partial charge is 0.137 e. The molecule has 0 bridgehead atoms. The number of ether oxygens (including phenoxy) is 1. The SMILES string of the molecule is COCCc1ccc(C(N)c2ccc(Br)c(F)c2)cc1. The van der Waals surface area contributed by atoms with Crippen molar-refractivity contribution in [3.63, 3.8) is 0 Å². The predicted molar refractivity (Wildman–Crippen MR) is 82.2 cm³/mol. The zero-order chi connectivity index (χ0) is 14.5. The molecule has 2 N–H and O–H groups in total. The van der Waals surface area contributed by atoms with E-state index in [2.05, 4.69) is 15.9 Å². The number of benzene rings is 2. The number of rotatable bonds is 5. The normalized spacial score (nSPS) is 12.4. The molecule has 2 nitrogen and oxygen atoms in total. The maximum absolute atomic E-state index is 13.5. The van der Waals surface area contributed by atoms with Gasteiger partial charge < -0.3 is 10.5 Å². The fourth-order valence-corrected chi connectivity index (χ4v) is 2.26. The molecular weight excluding hydrogens is 321 g/mol.